The molecule has 0 aromatic rings. The molecule has 0 aliphatic carbocycles. The van der Waals surface area contributed by atoms with Crippen molar-refractivity contribution in [3.05, 3.63) is 12.2 Å². The summed E-state index contributed by atoms with van der Waals surface area (Å²) in [5, 5.41) is 18.3. The van der Waals surface area contributed by atoms with Crippen molar-refractivity contribution in [1.29, 1.82) is 0 Å². The third kappa shape index (κ3) is 36.8. The molecule has 0 spiro atoms. The van der Waals surface area contributed by atoms with Crippen molar-refractivity contribution in [2.75, 3.05) is 33.0 Å². The number of hydrogen-bond acceptors (Lipinski definition) is 8. The molecule has 0 aliphatic rings. The predicted octanol–water partition coefficient (Wildman–Crippen LogP) is 10.5. The van der Waals surface area contributed by atoms with Gasteiger partial charge in [0.2, 0.25) is 0 Å². The fraction of sp³-hybridized carbons (Fsp3) is 0.923. The maximum atomic E-state index is 12.6. The van der Waals surface area contributed by atoms with Crippen LogP contribution >= 0.6 is 7.82 Å². The largest absolute Gasteiger partial charge is 0.472 e. The Morgan fingerprint density at radius 1 is 0.612 bits per heavy atom. The quantitative estimate of drug-likeness (QED) is 0.0246. The predicted molar refractivity (Wildman–Crippen MR) is 201 cm³/mol. The Labute approximate surface area is 300 Å². The van der Waals surface area contributed by atoms with Gasteiger partial charge in [0.25, 0.3) is 0 Å². The van der Waals surface area contributed by atoms with E-state index in [0.717, 1.165) is 44.9 Å². The average Bonchev–Trinajstić information content (AvgIpc) is 3.09. The van der Waals surface area contributed by atoms with Crippen LogP contribution in [0.3, 0.4) is 0 Å². The van der Waals surface area contributed by atoms with E-state index in [4.69, 9.17) is 23.6 Å². The molecule has 0 bridgehead atoms. The second kappa shape index (κ2) is 37.0. The van der Waals surface area contributed by atoms with Crippen LogP contribution in [-0.4, -0.2) is 66.3 Å². The molecule has 0 aromatic carbocycles. The normalized spacial score (nSPS) is 14.3. The molecule has 0 heterocycles. The summed E-state index contributed by atoms with van der Waals surface area (Å²) in [5.41, 5.74) is 0. The maximum Gasteiger partial charge on any atom is 0.472 e. The molecule has 0 saturated heterocycles. The van der Waals surface area contributed by atoms with Crippen LogP contribution in [0.5, 0.6) is 0 Å². The highest BCUT2D eigenvalue weighted by molar-refractivity contribution is 7.47. The molecule has 0 aromatic heterocycles. The van der Waals surface area contributed by atoms with Gasteiger partial charge in [0.1, 0.15) is 12.2 Å². The van der Waals surface area contributed by atoms with Gasteiger partial charge in [0.05, 0.1) is 26.4 Å². The molecule has 0 aliphatic heterocycles. The van der Waals surface area contributed by atoms with Gasteiger partial charge in [-0.05, 0) is 38.5 Å². The number of carbonyl (C=O) groups is 1. The SMILES string of the molecule is CCCCC/C=C\CCCCCCCCOCC(COP(=O)(O)OCC(O)CO)OC(=O)CCCCCCCCCCCCCCCCC. The van der Waals surface area contributed by atoms with E-state index in [-0.39, 0.29) is 25.6 Å². The Hall–Kier alpha value is -0.800. The van der Waals surface area contributed by atoms with Gasteiger partial charge in [0.15, 0.2) is 0 Å². The Morgan fingerprint density at radius 3 is 1.57 bits per heavy atom. The zero-order valence-corrected chi connectivity index (χ0v) is 32.6. The van der Waals surface area contributed by atoms with Crippen molar-refractivity contribution < 1.29 is 43.0 Å². The number of aliphatic hydroxyl groups is 2. The topological polar surface area (TPSA) is 132 Å². The number of carbonyl (C=O) groups excluding carboxylic acids is 1. The summed E-state index contributed by atoms with van der Waals surface area (Å²) < 4.78 is 33.3. The highest BCUT2D eigenvalue weighted by atomic mass is 31.2. The lowest BCUT2D eigenvalue weighted by atomic mass is 10.0. The molecule has 0 rings (SSSR count). The lowest BCUT2D eigenvalue weighted by molar-refractivity contribution is -0.154. The first-order valence-corrected chi connectivity index (χ1v) is 21.7. The van der Waals surface area contributed by atoms with E-state index < -0.39 is 33.2 Å². The molecule has 9 nitrogen and oxygen atoms in total. The Balaban J connectivity index is 4.19. The summed E-state index contributed by atoms with van der Waals surface area (Å²) in [6, 6.07) is 0. The average molecular weight is 721 g/mol. The van der Waals surface area contributed by atoms with Gasteiger partial charge < -0.3 is 24.6 Å². The molecule has 49 heavy (non-hydrogen) atoms. The van der Waals surface area contributed by atoms with E-state index in [1.54, 1.807) is 0 Å². The van der Waals surface area contributed by atoms with Crippen molar-refractivity contribution in [2.45, 2.75) is 199 Å². The Kier molecular flexibility index (Phi) is 36.4. The summed E-state index contributed by atoms with van der Waals surface area (Å²) in [7, 11) is -4.51. The maximum absolute atomic E-state index is 12.6. The third-order valence-electron chi connectivity index (χ3n) is 8.70. The minimum atomic E-state index is -4.51. The van der Waals surface area contributed by atoms with Crippen LogP contribution in [0.15, 0.2) is 12.2 Å². The lowest BCUT2D eigenvalue weighted by Gasteiger charge is -2.20. The second-order valence-electron chi connectivity index (χ2n) is 13.7. The lowest BCUT2D eigenvalue weighted by Crippen LogP contribution is -2.29. The molecule has 0 radical (unpaired) electrons. The molecule has 10 heteroatoms. The van der Waals surface area contributed by atoms with Crippen molar-refractivity contribution in [3.8, 4) is 0 Å². The summed E-state index contributed by atoms with van der Waals surface area (Å²) in [5.74, 6) is -0.382. The van der Waals surface area contributed by atoms with Gasteiger partial charge >= 0.3 is 13.8 Å². The van der Waals surface area contributed by atoms with Crippen LogP contribution < -0.4 is 0 Å². The molecule has 0 amide bonds. The summed E-state index contributed by atoms with van der Waals surface area (Å²) >= 11 is 0. The van der Waals surface area contributed by atoms with E-state index in [0.29, 0.717) is 6.61 Å². The molecule has 292 valence electrons. The van der Waals surface area contributed by atoms with Gasteiger partial charge in [-0.25, -0.2) is 4.57 Å². The van der Waals surface area contributed by atoms with Gasteiger partial charge in [-0.3, -0.25) is 13.8 Å². The molecule has 0 saturated carbocycles. The minimum Gasteiger partial charge on any atom is -0.457 e. The van der Waals surface area contributed by atoms with Crippen LogP contribution in [0.2, 0.25) is 0 Å². The number of rotatable bonds is 39. The highest BCUT2D eigenvalue weighted by Gasteiger charge is 2.26. The van der Waals surface area contributed by atoms with Gasteiger partial charge in [-0.2, -0.15) is 0 Å². The first kappa shape index (κ1) is 48.2. The standard InChI is InChI=1S/C39H77O9P/c1-3-5-7-9-11-13-15-17-18-19-21-23-25-27-29-31-39(42)48-38(36-47-49(43,44)46-34-37(41)33-40)35-45-32-30-28-26-24-22-20-16-14-12-10-8-6-4-2/h12,14,37-38,40-41H,3-11,13,15-36H2,1-2H3,(H,43,44)/b14-12-. The second-order valence-corrected chi connectivity index (χ2v) is 15.1. The highest BCUT2D eigenvalue weighted by Crippen LogP contribution is 2.43. The molecular weight excluding hydrogens is 643 g/mol. The van der Waals surface area contributed by atoms with Crippen LogP contribution in [0, 0.1) is 0 Å². The zero-order chi connectivity index (χ0) is 36.1. The van der Waals surface area contributed by atoms with Gasteiger partial charge in [0, 0.05) is 13.0 Å². The van der Waals surface area contributed by atoms with Crippen molar-refractivity contribution >= 4 is 13.8 Å². The number of phosphoric ester groups is 1. The number of ether oxygens (including phenoxy) is 2. The van der Waals surface area contributed by atoms with E-state index in [1.165, 1.54) is 122 Å². The Bertz CT molecular complexity index is 780. The summed E-state index contributed by atoms with van der Waals surface area (Å²) in [4.78, 5) is 22.5. The molecule has 3 N–H and O–H groups in total. The molecule has 0 fully saturated rings. The third-order valence-corrected chi connectivity index (χ3v) is 9.65. The fourth-order valence-electron chi connectivity index (χ4n) is 5.59. The van der Waals surface area contributed by atoms with E-state index in [1.807, 2.05) is 0 Å². The van der Waals surface area contributed by atoms with Crippen molar-refractivity contribution in [1.82, 2.24) is 0 Å². The first-order chi connectivity index (χ1) is 23.8. The number of esters is 1. The zero-order valence-electron chi connectivity index (χ0n) is 31.7. The number of aliphatic hydroxyl groups excluding tert-OH is 2. The number of phosphoric acid groups is 1. The van der Waals surface area contributed by atoms with E-state index in [2.05, 4.69) is 26.0 Å². The van der Waals surface area contributed by atoms with Gasteiger partial charge in [-0.1, -0.05) is 154 Å². The molecule has 3 atom stereocenters. The fourth-order valence-corrected chi connectivity index (χ4v) is 6.37. The summed E-state index contributed by atoms with van der Waals surface area (Å²) in [6.07, 6.45) is 34.5. The van der Waals surface area contributed by atoms with Gasteiger partial charge in [-0.15, -0.1) is 0 Å². The monoisotopic (exact) mass is 721 g/mol. The smallest absolute Gasteiger partial charge is 0.457 e. The van der Waals surface area contributed by atoms with Crippen LogP contribution in [0.4, 0.5) is 0 Å². The van der Waals surface area contributed by atoms with E-state index >= 15 is 0 Å². The molecular formula is C39H77O9P. The number of unbranched alkanes of at least 4 members (excludes halogenated alkanes) is 23. The van der Waals surface area contributed by atoms with Crippen molar-refractivity contribution in [2.24, 2.45) is 0 Å². The number of allylic oxidation sites excluding steroid dienone is 2. The van der Waals surface area contributed by atoms with Crippen LogP contribution in [0.1, 0.15) is 187 Å². The minimum absolute atomic E-state index is 0.0501. The Morgan fingerprint density at radius 2 is 1.04 bits per heavy atom. The van der Waals surface area contributed by atoms with Crippen molar-refractivity contribution in [3.63, 3.8) is 0 Å². The first-order valence-electron chi connectivity index (χ1n) is 20.2. The van der Waals surface area contributed by atoms with Crippen LogP contribution in [-0.2, 0) is 27.9 Å². The summed E-state index contributed by atoms with van der Waals surface area (Å²) in [6.45, 7) is 3.50. The molecule has 3 unspecified atom stereocenters. The van der Waals surface area contributed by atoms with Crippen LogP contribution in [0.25, 0.3) is 0 Å². The van der Waals surface area contributed by atoms with E-state index in [9.17, 15) is 19.4 Å². The number of hydrogen-bond donors (Lipinski definition) is 3.